The molecule has 3 atom stereocenters. The van der Waals surface area contributed by atoms with E-state index in [9.17, 15) is 0 Å². The van der Waals surface area contributed by atoms with Crippen molar-refractivity contribution in [3.8, 4) is 0 Å². The zero-order chi connectivity index (χ0) is 10.9. The lowest BCUT2D eigenvalue weighted by atomic mass is 9.80. The Labute approximate surface area is 89.4 Å². The maximum absolute atomic E-state index is 5.21. The Morgan fingerprint density at radius 1 is 1.29 bits per heavy atom. The van der Waals surface area contributed by atoms with Crippen LogP contribution in [0.5, 0.6) is 0 Å². The van der Waals surface area contributed by atoms with Crippen LogP contribution in [-0.2, 0) is 4.65 Å². The van der Waals surface area contributed by atoms with Crippen LogP contribution in [-0.4, -0.2) is 14.7 Å². The van der Waals surface area contributed by atoms with Gasteiger partial charge in [0.2, 0.25) is 0 Å². The standard InChI is InChI=1S/C12H21BO/c1-7(2)12-10(5)8(3)9(4)11(12)6-14-13/h7,9,11-12H,6H2,1-5H3. The van der Waals surface area contributed by atoms with Crippen molar-refractivity contribution in [2.24, 2.45) is 23.7 Å². The number of hydrogen-bond donors (Lipinski definition) is 0. The van der Waals surface area contributed by atoms with Gasteiger partial charge in [0.1, 0.15) is 0 Å². The molecular formula is C12H21BO. The monoisotopic (exact) mass is 192 g/mol. The van der Waals surface area contributed by atoms with Crippen LogP contribution in [0.2, 0.25) is 0 Å². The molecule has 2 heteroatoms. The Morgan fingerprint density at radius 3 is 2.29 bits per heavy atom. The van der Waals surface area contributed by atoms with Gasteiger partial charge in [-0.25, -0.2) is 0 Å². The van der Waals surface area contributed by atoms with E-state index in [-0.39, 0.29) is 0 Å². The third kappa shape index (κ3) is 1.90. The average Bonchev–Trinajstić information content (AvgIpc) is 2.32. The highest BCUT2D eigenvalue weighted by molar-refractivity contribution is 5.97. The molecule has 0 fully saturated rings. The zero-order valence-corrected chi connectivity index (χ0v) is 10.0. The maximum Gasteiger partial charge on any atom is 0.282 e. The molecule has 0 spiro atoms. The van der Waals surface area contributed by atoms with E-state index < -0.39 is 0 Å². The van der Waals surface area contributed by atoms with E-state index in [2.05, 4.69) is 34.6 Å². The first-order valence-electron chi connectivity index (χ1n) is 5.49. The molecule has 0 heterocycles. The summed E-state index contributed by atoms with van der Waals surface area (Å²) in [5.74, 6) is 2.51. The number of rotatable bonds is 3. The second kappa shape index (κ2) is 4.52. The molecule has 78 valence electrons. The van der Waals surface area contributed by atoms with Gasteiger partial charge in [-0.1, -0.05) is 31.9 Å². The lowest BCUT2D eigenvalue weighted by molar-refractivity contribution is 0.175. The van der Waals surface area contributed by atoms with Gasteiger partial charge in [-0.15, -0.1) is 0 Å². The van der Waals surface area contributed by atoms with Gasteiger partial charge in [-0.3, -0.25) is 0 Å². The summed E-state index contributed by atoms with van der Waals surface area (Å²) in [7, 11) is 5.21. The Balaban J connectivity index is 2.88. The summed E-state index contributed by atoms with van der Waals surface area (Å²) in [6.45, 7) is 12.0. The molecule has 0 aromatic carbocycles. The smallest absolute Gasteiger partial charge is 0.282 e. The highest BCUT2D eigenvalue weighted by Crippen LogP contribution is 2.44. The normalized spacial score (nSPS) is 33.1. The molecule has 1 aliphatic carbocycles. The van der Waals surface area contributed by atoms with E-state index >= 15 is 0 Å². The Morgan fingerprint density at radius 2 is 1.86 bits per heavy atom. The lowest BCUT2D eigenvalue weighted by Gasteiger charge is -2.27. The first-order chi connectivity index (χ1) is 6.50. The minimum absolute atomic E-state index is 0.569. The zero-order valence-electron chi connectivity index (χ0n) is 10.0. The van der Waals surface area contributed by atoms with Crippen LogP contribution in [0, 0.1) is 23.7 Å². The van der Waals surface area contributed by atoms with Crippen LogP contribution >= 0.6 is 0 Å². The van der Waals surface area contributed by atoms with E-state index in [1.807, 2.05) is 0 Å². The van der Waals surface area contributed by atoms with Crippen LogP contribution in [0.3, 0.4) is 0 Å². The van der Waals surface area contributed by atoms with Crippen molar-refractivity contribution < 1.29 is 4.65 Å². The van der Waals surface area contributed by atoms with Gasteiger partial charge in [0.15, 0.2) is 0 Å². The van der Waals surface area contributed by atoms with E-state index in [4.69, 9.17) is 12.7 Å². The summed E-state index contributed by atoms with van der Waals surface area (Å²) in [5, 5.41) is 0. The molecule has 0 amide bonds. The molecule has 1 rings (SSSR count). The molecular weight excluding hydrogens is 171 g/mol. The van der Waals surface area contributed by atoms with Crippen LogP contribution in [0.15, 0.2) is 11.1 Å². The summed E-state index contributed by atoms with van der Waals surface area (Å²) in [6.07, 6.45) is 0. The van der Waals surface area contributed by atoms with E-state index in [0.717, 1.165) is 0 Å². The first kappa shape index (κ1) is 11.8. The van der Waals surface area contributed by atoms with Gasteiger partial charge in [0.05, 0.1) is 0 Å². The lowest BCUT2D eigenvalue weighted by Crippen LogP contribution is -2.25. The third-order valence-electron chi connectivity index (χ3n) is 3.92. The van der Waals surface area contributed by atoms with Gasteiger partial charge in [-0.2, -0.15) is 0 Å². The SMILES string of the molecule is [B]OCC1C(C)C(C)=C(C)C1C(C)C. The quantitative estimate of drug-likeness (QED) is 0.493. The fourth-order valence-corrected chi connectivity index (χ4v) is 2.93. The van der Waals surface area contributed by atoms with Crippen molar-refractivity contribution in [3.05, 3.63) is 11.1 Å². The summed E-state index contributed by atoms with van der Waals surface area (Å²) < 4.78 is 4.85. The molecule has 1 aliphatic rings. The minimum Gasteiger partial charge on any atom is -0.447 e. The summed E-state index contributed by atoms with van der Waals surface area (Å²) >= 11 is 0. The van der Waals surface area contributed by atoms with E-state index in [0.29, 0.717) is 30.3 Å². The van der Waals surface area contributed by atoms with Gasteiger partial charge >= 0.3 is 0 Å². The minimum atomic E-state index is 0.569. The molecule has 14 heavy (non-hydrogen) atoms. The van der Waals surface area contributed by atoms with Crippen LogP contribution in [0.25, 0.3) is 0 Å². The second-order valence-corrected chi connectivity index (χ2v) is 4.92. The van der Waals surface area contributed by atoms with Gasteiger partial charge < -0.3 is 4.65 Å². The highest BCUT2D eigenvalue weighted by atomic mass is 16.4. The van der Waals surface area contributed by atoms with Crippen LogP contribution < -0.4 is 0 Å². The van der Waals surface area contributed by atoms with Crippen molar-refractivity contribution in [2.45, 2.75) is 34.6 Å². The summed E-state index contributed by atoms with van der Waals surface area (Å²) in [4.78, 5) is 0. The van der Waals surface area contributed by atoms with Gasteiger partial charge in [-0.05, 0) is 37.5 Å². The Hall–Kier alpha value is -0.235. The topological polar surface area (TPSA) is 9.23 Å². The average molecular weight is 192 g/mol. The molecule has 2 radical (unpaired) electrons. The highest BCUT2D eigenvalue weighted by Gasteiger charge is 2.37. The molecule has 0 aliphatic heterocycles. The van der Waals surface area contributed by atoms with Crippen molar-refractivity contribution in [1.29, 1.82) is 0 Å². The largest absolute Gasteiger partial charge is 0.447 e. The molecule has 0 saturated heterocycles. The molecule has 0 saturated carbocycles. The molecule has 0 bridgehead atoms. The van der Waals surface area contributed by atoms with E-state index in [1.54, 1.807) is 5.57 Å². The Kier molecular flexibility index (Phi) is 3.82. The van der Waals surface area contributed by atoms with E-state index in [1.165, 1.54) is 5.57 Å². The predicted octanol–water partition coefficient (Wildman–Crippen LogP) is 2.96. The second-order valence-electron chi connectivity index (χ2n) is 4.92. The molecule has 3 unspecified atom stereocenters. The van der Waals surface area contributed by atoms with Crippen molar-refractivity contribution >= 4 is 8.05 Å². The van der Waals surface area contributed by atoms with Crippen molar-refractivity contribution in [2.75, 3.05) is 6.61 Å². The van der Waals surface area contributed by atoms with Gasteiger partial charge in [0.25, 0.3) is 8.05 Å². The predicted molar refractivity (Wildman–Crippen MR) is 61.1 cm³/mol. The summed E-state index contributed by atoms with van der Waals surface area (Å²) in [5.41, 5.74) is 3.08. The molecule has 1 nitrogen and oxygen atoms in total. The van der Waals surface area contributed by atoms with Gasteiger partial charge in [0, 0.05) is 6.61 Å². The first-order valence-corrected chi connectivity index (χ1v) is 5.49. The Bertz CT molecular complexity index is 232. The van der Waals surface area contributed by atoms with Crippen LogP contribution in [0.4, 0.5) is 0 Å². The molecule has 0 aromatic rings. The fraction of sp³-hybridized carbons (Fsp3) is 0.833. The van der Waals surface area contributed by atoms with Crippen molar-refractivity contribution in [3.63, 3.8) is 0 Å². The number of hydrogen-bond acceptors (Lipinski definition) is 1. The molecule has 0 N–H and O–H groups in total. The molecule has 0 aromatic heterocycles. The fourth-order valence-electron chi connectivity index (χ4n) is 2.93. The number of allylic oxidation sites excluding steroid dienone is 2. The van der Waals surface area contributed by atoms with Crippen molar-refractivity contribution in [1.82, 2.24) is 0 Å². The van der Waals surface area contributed by atoms with Crippen LogP contribution in [0.1, 0.15) is 34.6 Å². The summed E-state index contributed by atoms with van der Waals surface area (Å²) in [6, 6.07) is 0. The third-order valence-corrected chi connectivity index (χ3v) is 3.92. The maximum atomic E-state index is 5.21.